The molecule has 0 fully saturated rings. The van der Waals surface area contributed by atoms with E-state index in [1.807, 2.05) is 0 Å². The van der Waals surface area contributed by atoms with Crippen LogP contribution in [0.25, 0.3) is 0 Å². The highest BCUT2D eigenvalue weighted by Gasteiger charge is 2.10. The molecule has 2 aromatic rings. The number of nitrogens with one attached hydrogen (secondary N) is 1. The molecule has 0 spiro atoms. The molecule has 0 heterocycles. The number of halogens is 4. The van der Waals surface area contributed by atoms with Crippen LogP contribution in [0.4, 0.5) is 10.1 Å². The Morgan fingerprint density at radius 1 is 1.24 bits per heavy atom. The van der Waals surface area contributed by atoms with Crippen LogP contribution in [0.5, 0.6) is 5.75 Å². The van der Waals surface area contributed by atoms with E-state index in [4.69, 9.17) is 27.9 Å². The number of carbonyl (C=O) groups is 1. The van der Waals surface area contributed by atoms with E-state index < -0.39 is 11.7 Å². The van der Waals surface area contributed by atoms with Gasteiger partial charge in [0.1, 0.15) is 11.6 Å². The van der Waals surface area contributed by atoms with Crippen molar-refractivity contribution >= 4 is 50.7 Å². The van der Waals surface area contributed by atoms with Gasteiger partial charge >= 0.3 is 0 Å². The number of carbonyl (C=O) groups excluding carboxylic acids is 1. The van der Waals surface area contributed by atoms with Gasteiger partial charge in [-0.05, 0) is 36.4 Å². The summed E-state index contributed by atoms with van der Waals surface area (Å²) in [6.45, 7) is -0.298. The van der Waals surface area contributed by atoms with Crippen molar-refractivity contribution in [3.63, 3.8) is 0 Å². The average Bonchev–Trinajstić information content (AvgIpc) is 2.42. The lowest BCUT2D eigenvalue weighted by molar-refractivity contribution is -0.118. The van der Waals surface area contributed by atoms with Gasteiger partial charge in [0.2, 0.25) is 0 Å². The van der Waals surface area contributed by atoms with E-state index in [0.29, 0.717) is 15.8 Å². The number of amides is 1. The van der Waals surface area contributed by atoms with Gasteiger partial charge in [-0.25, -0.2) is 4.39 Å². The molecule has 0 saturated carbocycles. The Hall–Kier alpha value is -1.30. The molecular weight excluding hydrogens is 384 g/mol. The molecule has 7 heteroatoms. The van der Waals surface area contributed by atoms with Gasteiger partial charge in [-0.3, -0.25) is 4.79 Å². The van der Waals surface area contributed by atoms with Gasteiger partial charge in [0.15, 0.2) is 6.61 Å². The molecule has 110 valence electrons. The zero-order valence-electron chi connectivity index (χ0n) is 10.5. The highest BCUT2D eigenvalue weighted by Crippen LogP contribution is 2.27. The van der Waals surface area contributed by atoms with Crippen LogP contribution >= 0.6 is 39.1 Å². The largest absolute Gasteiger partial charge is 0.482 e. The molecule has 0 atom stereocenters. The molecule has 1 amide bonds. The van der Waals surface area contributed by atoms with E-state index in [1.54, 1.807) is 18.2 Å². The molecular formula is C14H9BrCl2FNO2. The molecule has 3 nitrogen and oxygen atoms in total. The molecule has 21 heavy (non-hydrogen) atoms. The van der Waals surface area contributed by atoms with Crippen molar-refractivity contribution in [2.24, 2.45) is 0 Å². The Kier molecular flexibility index (Phi) is 5.45. The summed E-state index contributed by atoms with van der Waals surface area (Å²) < 4.78 is 19.5. The molecule has 0 saturated heterocycles. The maximum absolute atomic E-state index is 13.5. The minimum atomic E-state index is -0.575. The highest BCUT2D eigenvalue weighted by molar-refractivity contribution is 9.10. The maximum atomic E-state index is 13.5. The Balaban J connectivity index is 1.97. The third-order valence-electron chi connectivity index (χ3n) is 2.46. The van der Waals surface area contributed by atoms with Crippen LogP contribution in [0.2, 0.25) is 10.0 Å². The van der Waals surface area contributed by atoms with Gasteiger partial charge in [0.25, 0.3) is 5.91 Å². The molecule has 2 rings (SSSR count). The Labute approximate surface area is 139 Å². The second-order valence-electron chi connectivity index (χ2n) is 4.04. The fraction of sp³-hybridized carbons (Fsp3) is 0.0714. The van der Waals surface area contributed by atoms with Crippen LogP contribution in [0.1, 0.15) is 0 Å². The summed E-state index contributed by atoms with van der Waals surface area (Å²) in [6.07, 6.45) is 0. The zero-order chi connectivity index (χ0) is 15.4. The van der Waals surface area contributed by atoms with Gasteiger partial charge in [-0.2, -0.15) is 0 Å². The first kappa shape index (κ1) is 16.1. The summed E-state index contributed by atoms with van der Waals surface area (Å²) >= 11 is 15.0. The first-order valence-electron chi connectivity index (χ1n) is 5.78. The van der Waals surface area contributed by atoms with Crippen molar-refractivity contribution in [2.75, 3.05) is 11.9 Å². The van der Waals surface area contributed by atoms with Crippen LogP contribution in [-0.2, 0) is 4.79 Å². The molecule has 1 N–H and O–H groups in total. The van der Waals surface area contributed by atoms with Gasteiger partial charge < -0.3 is 10.1 Å². The van der Waals surface area contributed by atoms with E-state index in [-0.39, 0.29) is 12.3 Å². The van der Waals surface area contributed by atoms with Crippen LogP contribution in [0.15, 0.2) is 40.9 Å². The van der Waals surface area contributed by atoms with E-state index in [2.05, 4.69) is 21.2 Å². The second kappa shape index (κ2) is 7.11. The maximum Gasteiger partial charge on any atom is 0.262 e. The van der Waals surface area contributed by atoms with E-state index in [1.165, 1.54) is 18.2 Å². The quantitative estimate of drug-likeness (QED) is 0.802. The normalized spacial score (nSPS) is 10.3. The molecule has 2 aromatic carbocycles. The summed E-state index contributed by atoms with van der Waals surface area (Å²) in [5.41, 5.74) is -0.00185. The van der Waals surface area contributed by atoms with Crippen LogP contribution in [0, 0.1) is 5.82 Å². The minimum absolute atomic E-state index is 0.00185. The Morgan fingerprint density at radius 3 is 2.71 bits per heavy atom. The third-order valence-corrected chi connectivity index (χ3v) is 3.48. The summed E-state index contributed by atoms with van der Waals surface area (Å²) in [5.74, 6) is -0.730. The van der Waals surface area contributed by atoms with Crippen molar-refractivity contribution in [2.45, 2.75) is 0 Å². The van der Waals surface area contributed by atoms with Gasteiger partial charge in [0, 0.05) is 9.50 Å². The van der Waals surface area contributed by atoms with Crippen molar-refractivity contribution in [3.05, 3.63) is 56.7 Å². The summed E-state index contributed by atoms with van der Waals surface area (Å²) in [5, 5.41) is 3.07. The Morgan fingerprint density at radius 2 is 2.00 bits per heavy atom. The fourth-order valence-electron chi connectivity index (χ4n) is 1.52. The topological polar surface area (TPSA) is 38.3 Å². The summed E-state index contributed by atoms with van der Waals surface area (Å²) in [6, 6.07) is 8.89. The van der Waals surface area contributed by atoms with Crippen molar-refractivity contribution < 1.29 is 13.9 Å². The standard InChI is InChI=1S/C14H9BrCl2FNO2/c15-8-1-4-13(10(17)5-8)21-7-14(20)19-12-6-9(16)2-3-11(12)18/h1-6H,7H2,(H,19,20). The zero-order valence-corrected chi connectivity index (χ0v) is 13.6. The average molecular weight is 393 g/mol. The molecule has 0 radical (unpaired) electrons. The number of hydrogen-bond acceptors (Lipinski definition) is 2. The van der Waals surface area contributed by atoms with Crippen molar-refractivity contribution in [1.82, 2.24) is 0 Å². The number of benzene rings is 2. The monoisotopic (exact) mass is 391 g/mol. The SMILES string of the molecule is O=C(COc1ccc(Br)cc1Cl)Nc1cc(Cl)ccc1F. The lowest BCUT2D eigenvalue weighted by atomic mass is 10.3. The van der Waals surface area contributed by atoms with Crippen LogP contribution in [0.3, 0.4) is 0 Å². The lowest BCUT2D eigenvalue weighted by Crippen LogP contribution is -2.20. The molecule has 0 unspecified atom stereocenters. The van der Waals surface area contributed by atoms with Gasteiger partial charge in [-0.15, -0.1) is 0 Å². The summed E-state index contributed by atoms with van der Waals surface area (Å²) in [7, 11) is 0. The van der Waals surface area contributed by atoms with Gasteiger partial charge in [-0.1, -0.05) is 39.1 Å². The highest BCUT2D eigenvalue weighted by atomic mass is 79.9. The Bertz CT molecular complexity index is 682. The molecule has 0 aliphatic carbocycles. The number of hydrogen-bond donors (Lipinski definition) is 1. The fourth-order valence-corrected chi connectivity index (χ4v) is 2.42. The van der Waals surface area contributed by atoms with E-state index >= 15 is 0 Å². The number of anilines is 1. The smallest absolute Gasteiger partial charge is 0.262 e. The molecule has 0 aliphatic heterocycles. The third kappa shape index (κ3) is 4.59. The molecule has 0 aliphatic rings. The lowest BCUT2D eigenvalue weighted by Gasteiger charge is -2.09. The van der Waals surface area contributed by atoms with Crippen molar-refractivity contribution in [3.8, 4) is 5.75 Å². The second-order valence-corrected chi connectivity index (χ2v) is 5.80. The van der Waals surface area contributed by atoms with Gasteiger partial charge in [0.05, 0.1) is 10.7 Å². The molecule has 0 bridgehead atoms. The first-order chi connectivity index (χ1) is 9.95. The van der Waals surface area contributed by atoms with Crippen LogP contribution < -0.4 is 10.1 Å². The van der Waals surface area contributed by atoms with E-state index in [9.17, 15) is 9.18 Å². The number of ether oxygens (including phenoxy) is 1. The number of rotatable bonds is 4. The van der Waals surface area contributed by atoms with Crippen LogP contribution in [-0.4, -0.2) is 12.5 Å². The summed E-state index contributed by atoms with van der Waals surface area (Å²) in [4.78, 5) is 11.7. The predicted octanol–water partition coefficient (Wildman–Crippen LogP) is 4.91. The minimum Gasteiger partial charge on any atom is -0.482 e. The van der Waals surface area contributed by atoms with Crippen molar-refractivity contribution in [1.29, 1.82) is 0 Å². The first-order valence-corrected chi connectivity index (χ1v) is 7.33. The molecule has 0 aromatic heterocycles. The van der Waals surface area contributed by atoms with E-state index in [0.717, 1.165) is 4.47 Å². The predicted molar refractivity (Wildman–Crippen MR) is 84.7 cm³/mol.